The summed E-state index contributed by atoms with van der Waals surface area (Å²) in [4.78, 5) is 28.8. The number of ketones is 1. The molecule has 0 saturated heterocycles. The molecule has 7 heteroatoms. The van der Waals surface area contributed by atoms with Gasteiger partial charge in [-0.15, -0.1) is 0 Å². The summed E-state index contributed by atoms with van der Waals surface area (Å²) in [5.74, 6) is 0.0731. The number of methoxy groups -OCH3 is 3. The molecule has 0 aliphatic rings. The highest BCUT2D eigenvalue weighted by Gasteiger charge is 2.26. The van der Waals surface area contributed by atoms with Gasteiger partial charge in [0.15, 0.2) is 17.6 Å². The van der Waals surface area contributed by atoms with Crippen LogP contribution in [0.1, 0.15) is 33.3 Å². The van der Waals surface area contributed by atoms with Gasteiger partial charge in [0, 0.05) is 22.2 Å². The summed E-state index contributed by atoms with van der Waals surface area (Å²) in [6, 6.07) is 10.5. The van der Waals surface area contributed by atoms with Gasteiger partial charge in [0.2, 0.25) is 11.5 Å². The van der Waals surface area contributed by atoms with Gasteiger partial charge in [-0.2, -0.15) is 0 Å². The summed E-state index contributed by atoms with van der Waals surface area (Å²) in [6.45, 7) is 3.38. The molecule has 0 radical (unpaired) electrons. The van der Waals surface area contributed by atoms with Crippen molar-refractivity contribution >= 4 is 22.7 Å². The molecule has 0 saturated carbocycles. The molecule has 7 nitrogen and oxygen atoms in total. The van der Waals surface area contributed by atoms with Crippen LogP contribution in [-0.2, 0) is 4.74 Å². The molecule has 0 fully saturated rings. The first-order valence-electron chi connectivity index (χ1n) is 9.03. The van der Waals surface area contributed by atoms with Gasteiger partial charge < -0.3 is 23.9 Å². The molecule has 152 valence electrons. The van der Waals surface area contributed by atoms with Crippen molar-refractivity contribution in [3.05, 3.63) is 53.2 Å². The van der Waals surface area contributed by atoms with E-state index in [4.69, 9.17) is 18.9 Å². The number of aryl methyl sites for hydroxylation is 1. The molecule has 0 spiro atoms. The number of benzene rings is 2. The Morgan fingerprint density at radius 2 is 1.59 bits per heavy atom. The first kappa shape index (κ1) is 20.3. The van der Waals surface area contributed by atoms with E-state index in [0.717, 1.165) is 16.6 Å². The van der Waals surface area contributed by atoms with Crippen LogP contribution in [-0.4, -0.2) is 44.2 Å². The quantitative estimate of drug-likeness (QED) is 0.480. The molecule has 3 rings (SSSR count). The van der Waals surface area contributed by atoms with Crippen LogP contribution in [0.3, 0.4) is 0 Å². The lowest BCUT2D eigenvalue weighted by Crippen LogP contribution is -2.25. The molecular formula is C22H23NO6. The number of aromatic nitrogens is 1. The van der Waals surface area contributed by atoms with Crippen LogP contribution < -0.4 is 14.2 Å². The number of fused-ring (bicyclic) bond motifs is 1. The summed E-state index contributed by atoms with van der Waals surface area (Å²) < 4.78 is 21.2. The third kappa shape index (κ3) is 3.76. The third-order valence-corrected chi connectivity index (χ3v) is 4.69. The number of aromatic amines is 1. The number of hydrogen-bond donors (Lipinski definition) is 1. The Kier molecular flexibility index (Phi) is 5.77. The molecule has 1 N–H and O–H groups in total. The number of ether oxygens (including phenoxy) is 4. The maximum Gasteiger partial charge on any atom is 0.339 e. The number of esters is 1. The number of carbonyl (C=O) groups excluding carboxylic acids is 2. The molecule has 0 amide bonds. The van der Waals surface area contributed by atoms with E-state index in [1.54, 1.807) is 6.92 Å². The van der Waals surface area contributed by atoms with Crippen molar-refractivity contribution in [1.29, 1.82) is 0 Å². The maximum absolute atomic E-state index is 13.0. The van der Waals surface area contributed by atoms with Crippen LogP contribution in [0.4, 0.5) is 0 Å². The minimum Gasteiger partial charge on any atom is -0.493 e. The van der Waals surface area contributed by atoms with Gasteiger partial charge in [-0.3, -0.25) is 4.79 Å². The molecule has 1 atom stereocenters. The molecule has 0 aliphatic carbocycles. The van der Waals surface area contributed by atoms with Crippen LogP contribution in [0.25, 0.3) is 10.9 Å². The predicted octanol–water partition coefficient (Wildman–Crippen LogP) is 3.93. The molecule has 1 aromatic heterocycles. The van der Waals surface area contributed by atoms with Crippen molar-refractivity contribution in [2.75, 3.05) is 21.3 Å². The molecule has 1 heterocycles. The van der Waals surface area contributed by atoms with E-state index in [-0.39, 0.29) is 11.3 Å². The van der Waals surface area contributed by atoms with E-state index < -0.39 is 12.1 Å². The van der Waals surface area contributed by atoms with E-state index in [1.165, 1.54) is 33.5 Å². The SMILES string of the molecule is COc1cc(C(=O)OC(C)C(=O)c2c(C)[nH]c3ccccc23)cc(OC)c1OC. The zero-order valence-corrected chi connectivity index (χ0v) is 17.0. The number of carbonyl (C=O) groups is 2. The average Bonchev–Trinajstić information content (AvgIpc) is 3.07. The van der Waals surface area contributed by atoms with Crippen molar-refractivity contribution in [3.63, 3.8) is 0 Å². The third-order valence-electron chi connectivity index (χ3n) is 4.69. The largest absolute Gasteiger partial charge is 0.493 e. The summed E-state index contributed by atoms with van der Waals surface area (Å²) in [5.41, 5.74) is 2.30. The molecule has 0 aliphatic heterocycles. The van der Waals surface area contributed by atoms with E-state index in [2.05, 4.69) is 4.98 Å². The van der Waals surface area contributed by atoms with Crippen molar-refractivity contribution in [1.82, 2.24) is 4.98 Å². The maximum atomic E-state index is 13.0. The highest BCUT2D eigenvalue weighted by molar-refractivity contribution is 6.11. The fourth-order valence-corrected chi connectivity index (χ4v) is 3.28. The zero-order chi connectivity index (χ0) is 21.1. The summed E-state index contributed by atoms with van der Waals surface area (Å²) in [5, 5.41) is 0.797. The Balaban J connectivity index is 1.87. The normalized spacial score (nSPS) is 11.8. The van der Waals surface area contributed by atoms with E-state index in [0.29, 0.717) is 22.8 Å². The van der Waals surface area contributed by atoms with Crippen LogP contribution in [0.2, 0.25) is 0 Å². The van der Waals surface area contributed by atoms with Crippen molar-refractivity contribution in [3.8, 4) is 17.2 Å². The average molecular weight is 397 g/mol. The topological polar surface area (TPSA) is 86.9 Å². The second kappa shape index (κ2) is 8.26. The number of para-hydroxylation sites is 1. The van der Waals surface area contributed by atoms with Gasteiger partial charge in [-0.05, 0) is 32.0 Å². The van der Waals surface area contributed by atoms with Gasteiger partial charge in [-0.1, -0.05) is 18.2 Å². The number of nitrogens with one attached hydrogen (secondary N) is 1. The molecule has 0 bridgehead atoms. The summed E-state index contributed by atoms with van der Waals surface area (Å²) in [6.07, 6.45) is -0.973. The number of hydrogen-bond acceptors (Lipinski definition) is 6. The summed E-state index contributed by atoms with van der Waals surface area (Å²) >= 11 is 0. The van der Waals surface area contributed by atoms with Gasteiger partial charge in [0.25, 0.3) is 0 Å². The second-order valence-electron chi connectivity index (χ2n) is 6.50. The van der Waals surface area contributed by atoms with Crippen LogP contribution in [0.15, 0.2) is 36.4 Å². The Morgan fingerprint density at radius 3 is 2.17 bits per heavy atom. The monoisotopic (exact) mass is 397 g/mol. The standard InChI is InChI=1S/C22H23NO6/c1-12-19(15-8-6-7-9-16(15)23-12)20(24)13(2)29-22(25)14-10-17(26-3)21(28-5)18(11-14)27-4/h6-11,13,23H,1-5H3. The van der Waals surface area contributed by atoms with Crippen LogP contribution in [0, 0.1) is 6.92 Å². The Morgan fingerprint density at radius 1 is 0.966 bits per heavy atom. The lowest BCUT2D eigenvalue weighted by atomic mass is 10.0. The minimum absolute atomic E-state index is 0.190. The van der Waals surface area contributed by atoms with Crippen LogP contribution >= 0.6 is 0 Å². The molecule has 1 unspecified atom stereocenters. The highest BCUT2D eigenvalue weighted by atomic mass is 16.5. The van der Waals surface area contributed by atoms with Crippen molar-refractivity contribution in [2.45, 2.75) is 20.0 Å². The fraction of sp³-hybridized carbons (Fsp3) is 0.273. The van der Waals surface area contributed by atoms with E-state index >= 15 is 0 Å². The van der Waals surface area contributed by atoms with Crippen molar-refractivity contribution in [2.24, 2.45) is 0 Å². The van der Waals surface area contributed by atoms with Gasteiger partial charge in [0.05, 0.1) is 26.9 Å². The van der Waals surface area contributed by atoms with E-state index in [9.17, 15) is 9.59 Å². The molecule has 3 aromatic rings. The number of H-pyrrole nitrogens is 1. The fourth-order valence-electron chi connectivity index (χ4n) is 3.28. The first-order chi connectivity index (χ1) is 13.9. The van der Waals surface area contributed by atoms with Crippen LogP contribution in [0.5, 0.6) is 17.2 Å². The highest BCUT2D eigenvalue weighted by Crippen LogP contribution is 2.38. The Hall–Kier alpha value is -3.48. The van der Waals surface area contributed by atoms with Gasteiger partial charge in [0.1, 0.15) is 0 Å². The summed E-state index contributed by atoms with van der Waals surface area (Å²) in [7, 11) is 4.39. The Bertz CT molecular complexity index is 1040. The lowest BCUT2D eigenvalue weighted by Gasteiger charge is -2.16. The second-order valence-corrected chi connectivity index (χ2v) is 6.50. The van der Waals surface area contributed by atoms with Gasteiger partial charge in [-0.25, -0.2) is 4.79 Å². The first-order valence-corrected chi connectivity index (χ1v) is 9.03. The molecule has 29 heavy (non-hydrogen) atoms. The smallest absolute Gasteiger partial charge is 0.339 e. The predicted molar refractivity (Wildman–Crippen MR) is 108 cm³/mol. The molecular weight excluding hydrogens is 374 g/mol. The number of rotatable bonds is 7. The molecule has 2 aromatic carbocycles. The van der Waals surface area contributed by atoms with Crippen molar-refractivity contribution < 1.29 is 28.5 Å². The zero-order valence-electron chi connectivity index (χ0n) is 17.0. The number of Topliss-reactive ketones (excluding diaryl/α,β-unsaturated/α-hetero) is 1. The lowest BCUT2D eigenvalue weighted by molar-refractivity contribution is 0.0318. The van der Waals surface area contributed by atoms with Gasteiger partial charge >= 0.3 is 5.97 Å². The minimum atomic E-state index is -0.973. The van der Waals surface area contributed by atoms with E-state index in [1.807, 2.05) is 31.2 Å². The Labute approximate surface area is 168 Å².